The number of hydrogen-bond acceptors (Lipinski definition) is 7. The van der Waals surface area contributed by atoms with Crippen LogP contribution >= 0.6 is 35.3 Å². The van der Waals surface area contributed by atoms with E-state index in [1.54, 1.807) is 16.4 Å². The lowest BCUT2D eigenvalue weighted by molar-refractivity contribution is 0.528. The van der Waals surface area contributed by atoms with Gasteiger partial charge in [-0.05, 0) is 42.9 Å². The first-order chi connectivity index (χ1) is 12.7. The number of rotatable bonds is 5. The van der Waals surface area contributed by atoms with Gasteiger partial charge in [-0.25, -0.2) is 4.68 Å². The van der Waals surface area contributed by atoms with Crippen LogP contribution in [0.25, 0.3) is 17.1 Å². The van der Waals surface area contributed by atoms with Gasteiger partial charge in [0.1, 0.15) is 0 Å². The minimum Gasteiger partial charge on any atom is -0.420 e. The van der Waals surface area contributed by atoms with Gasteiger partial charge >= 0.3 is 0 Å². The third-order valence-electron chi connectivity index (χ3n) is 3.68. The molecule has 0 aliphatic heterocycles. The number of aromatic nitrogens is 4. The molecule has 0 bridgehead atoms. The average molecular weight is 399 g/mol. The monoisotopic (exact) mass is 398 g/mol. The highest BCUT2D eigenvalue weighted by molar-refractivity contribution is 8.00. The molecule has 130 valence electrons. The maximum atomic E-state index is 5.73. The van der Waals surface area contributed by atoms with E-state index >= 15 is 0 Å². The quantitative estimate of drug-likeness (QED) is 0.335. The van der Waals surface area contributed by atoms with Gasteiger partial charge in [-0.1, -0.05) is 59.5 Å². The molecule has 0 unspecified atom stereocenters. The maximum Gasteiger partial charge on any atom is 0.247 e. The van der Waals surface area contributed by atoms with Crippen LogP contribution in [0.4, 0.5) is 0 Å². The van der Waals surface area contributed by atoms with Gasteiger partial charge in [0.25, 0.3) is 0 Å². The maximum absolute atomic E-state index is 5.73. The fraction of sp³-hybridized carbons (Fsp3) is 0.111. The highest BCUT2D eigenvalue weighted by atomic mass is 32.2. The molecule has 0 saturated heterocycles. The molecule has 0 atom stereocenters. The predicted octanol–water partition coefficient (Wildman–Crippen LogP) is 5.31. The number of thioether (sulfide) groups is 1. The molecule has 0 spiro atoms. The van der Waals surface area contributed by atoms with Crippen molar-refractivity contribution in [3.8, 4) is 17.1 Å². The normalized spacial score (nSPS) is 11.0. The molecule has 26 heavy (non-hydrogen) atoms. The van der Waals surface area contributed by atoms with Crippen LogP contribution in [0.2, 0.25) is 0 Å². The number of nitrogens with zero attached hydrogens (tertiary/aromatic N) is 4. The number of benzene rings is 2. The summed E-state index contributed by atoms with van der Waals surface area (Å²) in [5.41, 5.74) is 3.05. The molecule has 0 aliphatic rings. The molecule has 5 nitrogen and oxygen atoms in total. The van der Waals surface area contributed by atoms with Gasteiger partial charge < -0.3 is 4.42 Å². The van der Waals surface area contributed by atoms with Crippen molar-refractivity contribution in [2.75, 3.05) is 0 Å². The zero-order valence-electron chi connectivity index (χ0n) is 13.8. The van der Waals surface area contributed by atoms with Gasteiger partial charge in [0.15, 0.2) is 8.29 Å². The van der Waals surface area contributed by atoms with E-state index in [-0.39, 0.29) is 0 Å². The molecule has 2 heterocycles. The molecule has 0 radical (unpaired) electrons. The highest BCUT2D eigenvalue weighted by Crippen LogP contribution is 2.28. The molecule has 4 rings (SSSR count). The molecule has 2 aromatic carbocycles. The van der Waals surface area contributed by atoms with Crippen molar-refractivity contribution in [1.29, 1.82) is 0 Å². The van der Waals surface area contributed by atoms with Crippen LogP contribution < -0.4 is 0 Å². The Morgan fingerprint density at radius 1 is 1.08 bits per heavy atom. The molecule has 0 saturated carbocycles. The second-order valence-corrected chi connectivity index (χ2v) is 8.33. The van der Waals surface area contributed by atoms with Crippen molar-refractivity contribution in [2.24, 2.45) is 0 Å². The smallest absolute Gasteiger partial charge is 0.247 e. The Morgan fingerprint density at radius 3 is 2.65 bits per heavy atom. The first-order valence-corrected chi connectivity index (χ1v) is 10.1. The zero-order valence-corrected chi connectivity index (χ0v) is 16.3. The Bertz CT molecular complexity index is 1090. The Kier molecular flexibility index (Phi) is 4.96. The molecule has 8 heteroatoms. The van der Waals surface area contributed by atoms with E-state index in [2.05, 4.69) is 15.3 Å². The van der Waals surface area contributed by atoms with Crippen molar-refractivity contribution in [2.45, 2.75) is 17.0 Å². The van der Waals surface area contributed by atoms with Crippen molar-refractivity contribution >= 4 is 35.3 Å². The summed E-state index contributed by atoms with van der Waals surface area (Å²) in [5, 5.41) is 12.8. The van der Waals surface area contributed by atoms with Crippen molar-refractivity contribution in [3.63, 3.8) is 0 Å². The van der Waals surface area contributed by atoms with Crippen molar-refractivity contribution in [3.05, 3.63) is 70.0 Å². The van der Waals surface area contributed by atoms with Gasteiger partial charge in [0.2, 0.25) is 11.8 Å². The summed E-state index contributed by atoms with van der Waals surface area (Å²) >= 11 is 8.49. The van der Waals surface area contributed by atoms with Crippen LogP contribution in [-0.2, 0) is 5.75 Å². The number of hydrogen-bond donors (Lipinski definition) is 0. The molecular formula is C18H14N4OS3. The molecule has 0 amide bonds. The summed E-state index contributed by atoms with van der Waals surface area (Å²) in [5.74, 6) is 1.65. The fourth-order valence-corrected chi connectivity index (χ4v) is 4.59. The van der Waals surface area contributed by atoms with E-state index < -0.39 is 0 Å². The van der Waals surface area contributed by atoms with Crippen molar-refractivity contribution in [1.82, 2.24) is 20.0 Å². The summed E-state index contributed by atoms with van der Waals surface area (Å²) in [4.78, 5) is 0. The summed E-state index contributed by atoms with van der Waals surface area (Å²) in [7, 11) is 0. The van der Waals surface area contributed by atoms with E-state index in [4.69, 9.17) is 16.6 Å². The van der Waals surface area contributed by atoms with Crippen LogP contribution in [0.5, 0.6) is 0 Å². The summed E-state index contributed by atoms with van der Waals surface area (Å²) in [6.45, 7) is 2.05. The highest BCUT2D eigenvalue weighted by Gasteiger charge is 2.12. The molecular weight excluding hydrogens is 384 g/mol. The van der Waals surface area contributed by atoms with Gasteiger partial charge in [-0.2, -0.15) is 0 Å². The van der Waals surface area contributed by atoms with Crippen LogP contribution in [0, 0.1) is 10.9 Å². The lowest BCUT2D eigenvalue weighted by Gasteiger charge is -2.03. The third-order valence-corrected chi connectivity index (χ3v) is 6.03. The predicted molar refractivity (Wildman–Crippen MR) is 106 cm³/mol. The average Bonchev–Trinajstić information content (AvgIpc) is 3.28. The minimum absolute atomic E-state index is 0.527. The number of aryl methyl sites for hydroxylation is 1. The fourth-order valence-electron chi connectivity index (χ4n) is 2.41. The van der Waals surface area contributed by atoms with E-state index in [0.29, 0.717) is 17.5 Å². The second-order valence-electron chi connectivity index (χ2n) is 5.49. The number of para-hydroxylation sites is 1. The molecule has 4 aromatic rings. The zero-order chi connectivity index (χ0) is 17.9. The van der Waals surface area contributed by atoms with Gasteiger partial charge in [0, 0.05) is 5.56 Å². The van der Waals surface area contributed by atoms with Crippen LogP contribution in [0.3, 0.4) is 0 Å². The van der Waals surface area contributed by atoms with Crippen LogP contribution in [0.1, 0.15) is 11.5 Å². The molecule has 0 aliphatic carbocycles. The minimum atomic E-state index is 0.527. The first-order valence-electron chi connectivity index (χ1n) is 7.87. The van der Waals surface area contributed by atoms with Crippen molar-refractivity contribution < 1.29 is 4.42 Å². The van der Waals surface area contributed by atoms with Crippen LogP contribution in [0.15, 0.2) is 63.4 Å². The lowest BCUT2D eigenvalue weighted by Crippen LogP contribution is -1.98. The second kappa shape index (κ2) is 7.53. The summed E-state index contributed by atoms with van der Waals surface area (Å²) < 4.78 is 9.13. The van der Waals surface area contributed by atoms with Gasteiger partial charge in [-0.3, -0.25) is 0 Å². The van der Waals surface area contributed by atoms with Gasteiger partial charge in [0.05, 0.1) is 11.4 Å². The Morgan fingerprint density at radius 2 is 1.85 bits per heavy atom. The Balaban J connectivity index is 1.50. The van der Waals surface area contributed by atoms with Crippen LogP contribution in [-0.4, -0.2) is 20.0 Å². The summed E-state index contributed by atoms with van der Waals surface area (Å²) in [6.07, 6.45) is 0. The van der Waals surface area contributed by atoms with E-state index in [1.807, 2.05) is 61.5 Å². The Labute approximate surface area is 163 Å². The lowest BCUT2D eigenvalue weighted by atomic mass is 10.2. The summed E-state index contributed by atoms with van der Waals surface area (Å²) in [6, 6.07) is 17.8. The SMILES string of the molecule is Cc1ccccc1-n1nc(SCc2nnc(-c3ccccc3)o2)sc1=S. The van der Waals surface area contributed by atoms with Gasteiger partial charge in [-0.15, -0.1) is 15.3 Å². The molecule has 2 aromatic heterocycles. The topological polar surface area (TPSA) is 56.7 Å². The first kappa shape index (κ1) is 17.1. The molecule has 0 fully saturated rings. The largest absolute Gasteiger partial charge is 0.420 e. The Hall–Kier alpha value is -2.29. The van der Waals surface area contributed by atoms with E-state index in [0.717, 1.165) is 25.1 Å². The standard InChI is InChI=1S/C18H14N4OS3/c1-12-7-5-6-10-14(12)22-18(24)26-17(21-22)25-11-15-19-20-16(23-15)13-8-3-2-4-9-13/h2-10H,11H2,1H3. The van der Waals surface area contributed by atoms with E-state index in [1.165, 1.54) is 11.3 Å². The van der Waals surface area contributed by atoms with E-state index in [9.17, 15) is 0 Å². The third kappa shape index (κ3) is 3.62. The molecule has 0 N–H and O–H groups in total.